The van der Waals surface area contributed by atoms with Gasteiger partial charge in [0.25, 0.3) is 0 Å². The van der Waals surface area contributed by atoms with Crippen molar-refractivity contribution in [2.45, 2.75) is 13.0 Å². The van der Waals surface area contributed by atoms with E-state index in [1.54, 1.807) is 18.4 Å². The molecule has 28 heavy (non-hydrogen) atoms. The quantitative estimate of drug-likeness (QED) is 0.492. The van der Waals surface area contributed by atoms with Gasteiger partial charge in [0.05, 0.1) is 30.1 Å². The zero-order valence-corrected chi connectivity index (χ0v) is 16.3. The maximum atomic E-state index is 5.18. The molecule has 5 nitrogen and oxygen atoms in total. The summed E-state index contributed by atoms with van der Waals surface area (Å²) in [5, 5.41) is 15.1. The minimum atomic E-state index is 0.627. The van der Waals surface area contributed by atoms with Gasteiger partial charge in [-0.15, -0.1) is 21.5 Å². The molecule has 0 radical (unpaired) electrons. The molecule has 0 atom stereocenters. The second kappa shape index (κ2) is 8.63. The fourth-order valence-corrected chi connectivity index (χ4v) is 3.63. The summed E-state index contributed by atoms with van der Waals surface area (Å²) in [4.78, 5) is 4.70. The number of benzene rings is 2. The van der Waals surface area contributed by atoms with Crippen LogP contribution in [0.15, 0.2) is 72.1 Å². The summed E-state index contributed by atoms with van der Waals surface area (Å²) < 4.78 is 5.18. The molecule has 2 aromatic heterocycles. The molecule has 2 heterocycles. The second-order valence-corrected chi connectivity index (χ2v) is 7.22. The first-order valence-corrected chi connectivity index (χ1v) is 9.87. The normalized spacial score (nSPS) is 10.6. The van der Waals surface area contributed by atoms with E-state index in [1.165, 1.54) is 5.56 Å². The minimum Gasteiger partial charge on any atom is -0.497 e. The van der Waals surface area contributed by atoms with Crippen LogP contribution in [-0.4, -0.2) is 22.3 Å². The second-order valence-electron chi connectivity index (χ2n) is 6.28. The summed E-state index contributed by atoms with van der Waals surface area (Å²) in [6.07, 6.45) is 0.863. The van der Waals surface area contributed by atoms with Crippen LogP contribution in [0.2, 0.25) is 0 Å². The Morgan fingerprint density at radius 2 is 1.75 bits per heavy atom. The van der Waals surface area contributed by atoms with Gasteiger partial charge in [0.1, 0.15) is 11.6 Å². The molecule has 2 aromatic carbocycles. The molecule has 4 aromatic rings. The number of rotatable bonds is 7. The van der Waals surface area contributed by atoms with Crippen LogP contribution in [0.1, 0.15) is 16.3 Å². The lowest BCUT2D eigenvalue weighted by molar-refractivity contribution is 0.415. The first-order valence-electron chi connectivity index (χ1n) is 8.99. The lowest BCUT2D eigenvalue weighted by Crippen LogP contribution is -2.03. The summed E-state index contributed by atoms with van der Waals surface area (Å²) in [5.41, 5.74) is 4.12. The first-order chi connectivity index (χ1) is 13.8. The third-order valence-corrected chi connectivity index (χ3v) is 5.20. The van der Waals surface area contributed by atoms with Gasteiger partial charge in [-0.25, -0.2) is 4.98 Å². The summed E-state index contributed by atoms with van der Waals surface area (Å²) >= 11 is 1.68. The number of anilines is 1. The van der Waals surface area contributed by atoms with Gasteiger partial charge in [-0.1, -0.05) is 30.3 Å². The summed E-state index contributed by atoms with van der Waals surface area (Å²) in [7, 11) is 1.66. The van der Waals surface area contributed by atoms with Crippen molar-refractivity contribution in [3.05, 3.63) is 88.4 Å². The Bertz CT molecular complexity index is 1010. The molecular weight excluding hydrogens is 368 g/mol. The van der Waals surface area contributed by atoms with Gasteiger partial charge in [0, 0.05) is 17.4 Å². The molecule has 0 unspecified atom stereocenters. The Balaban J connectivity index is 1.35. The lowest BCUT2D eigenvalue weighted by atomic mass is 10.1. The molecule has 0 fully saturated rings. The molecule has 0 aliphatic heterocycles. The molecular formula is C22H20N4OS. The zero-order chi connectivity index (χ0) is 19.2. The highest BCUT2D eigenvalue weighted by molar-refractivity contribution is 7.09. The van der Waals surface area contributed by atoms with Crippen molar-refractivity contribution < 1.29 is 4.74 Å². The fourth-order valence-electron chi connectivity index (χ4n) is 2.81. The molecule has 0 amide bonds. The Morgan fingerprint density at radius 1 is 0.929 bits per heavy atom. The highest BCUT2D eigenvalue weighted by Gasteiger charge is 2.05. The largest absolute Gasteiger partial charge is 0.497 e. The highest BCUT2D eigenvalue weighted by atomic mass is 32.1. The van der Waals surface area contributed by atoms with Gasteiger partial charge in [-0.3, -0.25) is 0 Å². The average Bonchev–Trinajstić information content (AvgIpc) is 3.21. The van der Waals surface area contributed by atoms with Crippen molar-refractivity contribution in [1.29, 1.82) is 0 Å². The Morgan fingerprint density at radius 3 is 2.46 bits per heavy atom. The molecule has 140 valence electrons. The number of aromatic nitrogens is 3. The van der Waals surface area contributed by atoms with Crippen molar-refractivity contribution in [3.63, 3.8) is 0 Å². The summed E-state index contributed by atoms with van der Waals surface area (Å²) in [5.74, 6) is 1.56. The molecule has 4 rings (SSSR count). The number of hydrogen-bond acceptors (Lipinski definition) is 6. The third kappa shape index (κ3) is 4.53. The van der Waals surface area contributed by atoms with Crippen LogP contribution in [0.5, 0.6) is 5.75 Å². The average molecular weight is 388 g/mol. The fraction of sp³-hybridized carbons (Fsp3) is 0.136. The monoisotopic (exact) mass is 388 g/mol. The molecule has 0 saturated heterocycles. The van der Waals surface area contributed by atoms with Crippen LogP contribution >= 0.6 is 11.3 Å². The van der Waals surface area contributed by atoms with Crippen LogP contribution in [0, 0.1) is 0 Å². The van der Waals surface area contributed by atoms with Crippen molar-refractivity contribution in [1.82, 2.24) is 15.2 Å². The van der Waals surface area contributed by atoms with Gasteiger partial charge in [0.15, 0.2) is 0 Å². The standard InChI is InChI=1S/C22H20N4OS/c1-27-19-9-7-17(8-10-19)20-11-12-21(26-25-20)23-14-18-15-28-22(24-18)13-16-5-3-2-4-6-16/h2-12,15H,13-14H2,1H3,(H,23,26). The highest BCUT2D eigenvalue weighted by Crippen LogP contribution is 2.21. The van der Waals surface area contributed by atoms with E-state index in [-0.39, 0.29) is 0 Å². The van der Waals surface area contributed by atoms with Gasteiger partial charge in [-0.2, -0.15) is 0 Å². The third-order valence-electron chi connectivity index (χ3n) is 4.30. The van der Waals surface area contributed by atoms with E-state index in [0.717, 1.165) is 39.9 Å². The van der Waals surface area contributed by atoms with Crippen molar-refractivity contribution in [2.75, 3.05) is 12.4 Å². The topological polar surface area (TPSA) is 59.9 Å². The SMILES string of the molecule is COc1ccc(-c2ccc(NCc3csc(Cc4ccccc4)n3)nn2)cc1. The predicted molar refractivity (Wildman–Crippen MR) is 113 cm³/mol. The van der Waals surface area contributed by atoms with Crippen LogP contribution in [0.3, 0.4) is 0 Å². The van der Waals surface area contributed by atoms with Crippen LogP contribution in [0.4, 0.5) is 5.82 Å². The predicted octanol–water partition coefficient (Wildman–Crippen LogP) is 4.81. The Kier molecular flexibility index (Phi) is 5.58. The minimum absolute atomic E-state index is 0.627. The van der Waals surface area contributed by atoms with E-state index in [0.29, 0.717) is 6.54 Å². The van der Waals surface area contributed by atoms with E-state index in [4.69, 9.17) is 9.72 Å². The lowest BCUT2D eigenvalue weighted by Gasteiger charge is -2.05. The van der Waals surface area contributed by atoms with Crippen molar-refractivity contribution in [3.8, 4) is 17.0 Å². The van der Waals surface area contributed by atoms with E-state index in [9.17, 15) is 0 Å². The molecule has 0 saturated carbocycles. The van der Waals surface area contributed by atoms with Crippen LogP contribution < -0.4 is 10.1 Å². The number of nitrogens with one attached hydrogen (secondary N) is 1. The molecule has 0 spiro atoms. The van der Waals surface area contributed by atoms with Gasteiger partial charge >= 0.3 is 0 Å². The number of hydrogen-bond donors (Lipinski definition) is 1. The number of nitrogens with zero attached hydrogens (tertiary/aromatic N) is 3. The molecule has 6 heteroatoms. The maximum Gasteiger partial charge on any atom is 0.149 e. The van der Waals surface area contributed by atoms with Crippen molar-refractivity contribution >= 4 is 17.2 Å². The van der Waals surface area contributed by atoms with Gasteiger partial charge in [0.2, 0.25) is 0 Å². The van der Waals surface area contributed by atoms with Crippen LogP contribution in [0.25, 0.3) is 11.3 Å². The Hall–Kier alpha value is -3.25. The maximum absolute atomic E-state index is 5.18. The van der Waals surface area contributed by atoms with E-state index in [1.807, 2.05) is 42.5 Å². The van der Waals surface area contributed by atoms with E-state index >= 15 is 0 Å². The smallest absolute Gasteiger partial charge is 0.149 e. The number of ether oxygens (including phenoxy) is 1. The molecule has 0 bridgehead atoms. The van der Waals surface area contributed by atoms with Crippen molar-refractivity contribution in [2.24, 2.45) is 0 Å². The zero-order valence-electron chi connectivity index (χ0n) is 15.5. The molecule has 0 aliphatic carbocycles. The van der Waals surface area contributed by atoms with E-state index < -0.39 is 0 Å². The molecule has 1 N–H and O–H groups in total. The van der Waals surface area contributed by atoms with Crippen LogP contribution in [-0.2, 0) is 13.0 Å². The summed E-state index contributed by atoms with van der Waals surface area (Å²) in [6.45, 7) is 0.627. The molecule has 0 aliphatic rings. The van der Waals surface area contributed by atoms with Gasteiger partial charge < -0.3 is 10.1 Å². The number of methoxy groups -OCH3 is 1. The van der Waals surface area contributed by atoms with Gasteiger partial charge in [-0.05, 0) is 42.0 Å². The Labute approximate surface area is 168 Å². The van der Waals surface area contributed by atoms with E-state index in [2.05, 4.69) is 45.2 Å². The number of thiazole rings is 1. The summed E-state index contributed by atoms with van der Waals surface area (Å²) in [6, 6.07) is 22.1. The first kappa shape index (κ1) is 18.1.